The highest BCUT2D eigenvalue weighted by Gasteiger charge is 2.47. The summed E-state index contributed by atoms with van der Waals surface area (Å²) in [6, 6.07) is 11.5. The Kier molecular flexibility index (Phi) is 3.30. The molecule has 1 heterocycles. The number of hydrogen-bond donors (Lipinski definition) is 0. The van der Waals surface area contributed by atoms with Gasteiger partial charge in [-0.2, -0.15) is 0 Å². The highest BCUT2D eigenvalue weighted by molar-refractivity contribution is 5.83. The number of carbonyl (C=O) groups is 1. The zero-order chi connectivity index (χ0) is 16.9. The standard InChI is InChI=1S/C20H17F2NO/c1-13(24)23-12-15(17-10-16(21)6-7-19(17)22)11-20(23)9-8-14-4-2-3-5-18(14)20/h2-7,10-11H,8-9,12H2,1H3. The first kappa shape index (κ1) is 15.1. The maximum atomic E-state index is 14.2. The van der Waals surface area contributed by atoms with Crippen molar-refractivity contribution < 1.29 is 13.6 Å². The predicted molar refractivity (Wildman–Crippen MR) is 88.2 cm³/mol. The van der Waals surface area contributed by atoms with Crippen LogP contribution in [0.5, 0.6) is 0 Å². The van der Waals surface area contributed by atoms with Crippen LogP contribution in [0.1, 0.15) is 30.0 Å². The van der Waals surface area contributed by atoms with Crippen LogP contribution in [-0.4, -0.2) is 17.4 Å². The van der Waals surface area contributed by atoms with Gasteiger partial charge in [-0.3, -0.25) is 4.79 Å². The summed E-state index contributed by atoms with van der Waals surface area (Å²) in [5.41, 5.74) is 2.66. The van der Waals surface area contributed by atoms with Gasteiger partial charge >= 0.3 is 0 Å². The first-order valence-corrected chi connectivity index (χ1v) is 8.05. The minimum Gasteiger partial charge on any atom is -0.325 e. The molecule has 1 aliphatic carbocycles. The van der Waals surface area contributed by atoms with E-state index in [1.807, 2.05) is 24.3 Å². The first-order valence-electron chi connectivity index (χ1n) is 8.05. The topological polar surface area (TPSA) is 20.3 Å². The zero-order valence-electron chi connectivity index (χ0n) is 13.4. The largest absolute Gasteiger partial charge is 0.325 e. The van der Waals surface area contributed by atoms with E-state index in [2.05, 4.69) is 6.07 Å². The summed E-state index contributed by atoms with van der Waals surface area (Å²) < 4.78 is 27.8. The van der Waals surface area contributed by atoms with Crippen molar-refractivity contribution in [2.45, 2.75) is 25.3 Å². The van der Waals surface area contributed by atoms with Crippen LogP contribution in [0.15, 0.2) is 48.5 Å². The molecule has 1 amide bonds. The monoisotopic (exact) mass is 325 g/mol. The Balaban J connectivity index is 1.88. The van der Waals surface area contributed by atoms with Gasteiger partial charge in [0, 0.05) is 19.0 Å². The van der Waals surface area contributed by atoms with Gasteiger partial charge in [0.05, 0.1) is 5.54 Å². The molecule has 0 radical (unpaired) electrons. The maximum absolute atomic E-state index is 14.2. The molecule has 1 aliphatic heterocycles. The number of nitrogens with zero attached hydrogens (tertiary/aromatic N) is 1. The van der Waals surface area contributed by atoms with E-state index in [0.717, 1.165) is 30.5 Å². The minimum absolute atomic E-state index is 0.0604. The Morgan fingerprint density at radius 1 is 1.17 bits per heavy atom. The SMILES string of the molecule is CC(=O)N1CC(c2cc(F)ccc2F)=CC12CCc1ccccc12. The molecule has 1 unspecified atom stereocenters. The Hall–Kier alpha value is -2.49. The predicted octanol–water partition coefficient (Wildman–Crippen LogP) is 4.05. The van der Waals surface area contributed by atoms with Crippen LogP contribution < -0.4 is 0 Å². The minimum atomic E-state index is -0.545. The third-order valence-corrected chi connectivity index (χ3v) is 5.14. The maximum Gasteiger partial charge on any atom is 0.220 e. The van der Waals surface area contributed by atoms with Crippen LogP contribution in [0.2, 0.25) is 0 Å². The molecule has 0 aromatic heterocycles. The van der Waals surface area contributed by atoms with Gasteiger partial charge in [-0.25, -0.2) is 8.78 Å². The highest BCUT2D eigenvalue weighted by Crippen LogP contribution is 2.48. The Morgan fingerprint density at radius 3 is 2.75 bits per heavy atom. The van der Waals surface area contributed by atoms with E-state index in [1.54, 1.807) is 4.90 Å². The van der Waals surface area contributed by atoms with Crippen molar-refractivity contribution in [3.63, 3.8) is 0 Å². The molecule has 0 N–H and O–H groups in total. The molecular weight excluding hydrogens is 308 g/mol. The fraction of sp³-hybridized carbons (Fsp3) is 0.250. The number of rotatable bonds is 1. The number of aryl methyl sites for hydroxylation is 1. The lowest BCUT2D eigenvalue weighted by atomic mass is 9.90. The fourth-order valence-corrected chi connectivity index (χ4v) is 4.07. The van der Waals surface area contributed by atoms with E-state index in [-0.39, 0.29) is 11.5 Å². The summed E-state index contributed by atoms with van der Waals surface area (Å²) in [5.74, 6) is -1.00. The van der Waals surface area contributed by atoms with Crippen molar-refractivity contribution in [1.29, 1.82) is 0 Å². The van der Waals surface area contributed by atoms with Gasteiger partial charge in [0.2, 0.25) is 5.91 Å². The van der Waals surface area contributed by atoms with Crippen LogP contribution in [0.4, 0.5) is 8.78 Å². The lowest BCUT2D eigenvalue weighted by Gasteiger charge is -2.35. The third kappa shape index (κ3) is 2.09. The molecule has 4 rings (SSSR count). The smallest absolute Gasteiger partial charge is 0.220 e. The number of carbonyl (C=O) groups excluding carboxylic acids is 1. The average molecular weight is 325 g/mol. The van der Waals surface area contributed by atoms with E-state index >= 15 is 0 Å². The number of benzene rings is 2. The number of hydrogen-bond acceptors (Lipinski definition) is 1. The molecule has 2 aromatic rings. The lowest BCUT2D eigenvalue weighted by Crippen LogP contribution is -2.42. The molecule has 122 valence electrons. The molecule has 0 saturated carbocycles. The van der Waals surface area contributed by atoms with Crippen LogP contribution in [0.25, 0.3) is 5.57 Å². The molecule has 2 nitrogen and oxygen atoms in total. The van der Waals surface area contributed by atoms with Crippen molar-refractivity contribution in [1.82, 2.24) is 4.90 Å². The summed E-state index contributed by atoms with van der Waals surface area (Å²) >= 11 is 0. The summed E-state index contributed by atoms with van der Waals surface area (Å²) in [7, 11) is 0. The van der Waals surface area contributed by atoms with E-state index in [0.29, 0.717) is 12.1 Å². The molecule has 0 bridgehead atoms. The van der Waals surface area contributed by atoms with Crippen LogP contribution in [0, 0.1) is 11.6 Å². The van der Waals surface area contributed by atoms with Gasteiger partial charge in [-0.05, 0) is 53.8 Å². The quantitative estimate of drug-likeness (QED) is 0.774. The van der Waals surface area contributed by atoms with E-state index < -0.39 is 17.2 Å². The zero-order valence-corrected chi connectivity index (χ0v) is 13.4. The molecule has 2 aromatic carbocycles. The van der Waals surface area contributed by atoms with E-state index in [9.17, 15) is 13.6 Å². The number of halogens is 2. The molecule has 0 saturated heterocycles. The highest BCUT2D eigenvalue weighted by atomic mass is 19.1. The van der Waals surface area contributed by atoms with Crippen molar-refractivity contribution in [2.75, 3.05) is 6.54 Å². The van der Waals surface area contributed by atoms with Crippen LogP contribution >= 0.6 is 0 Å². The second-order valence-electron chi connectivity index (χ2n) is 6.48. The molecule has 24 heavy (non-hydrogen) atoms. The van der Waals surface area contributed by atoms with Gasteiger partial charge in [-0.1, -0.05) is 24.3 Å². The number of fused-ring (bicyclic) bond motifs is 2. The third-order valence-electron chi connectivity index (χ3n) is 5.14. The average Bonchev–Trinajstić information content (AvgIpc) is 3.13. The Labute approximate surface area is 139 Å². The van der Waals surface area contributed by atoms with Gasteiger partial charge in [0.1, 0.15) is 11.6 Å². The Morgan fingerprint density at radius 2 is 1.96 bits per heavy atom. The van der Waals surface area contributed by atoms with Gasteiger partial charge < -0.3 is 4.90 Å². The van der Waals surface area contributed by atoms with E-state index in [1.165, 1.54) is 18.6 Å². The van der Waals surface area contributed by atoms with Gasteiger partial charge in [0.25, 0.3) is 0 Å². The Bertz CT molecular complexity index is 874. The van der Waals surface area contributed by atoms with Gasteiger partial charge in [-0.15, -0.1) is 0 Å². The van der Waals surface area contributed by atoms with Crippen molar-refractivity contribution >= 4 is 11.5 Å². The second-order valence-corrected chi connectivity index (χ2v) is 6.48. The summed E-state index contributed by atoms with van der Waals surface area (Å²) in [6.45, 7) is 1.82. The normalized spacial score (nSPS) is 22.0. The molecule has 2 aliphatic rings. The van der Waals surface area contributed by atoms with Crippen LogP contribution in [-0.2, 0) is 16.8 Å². The first-order chi connectivity index (χ1) is 11.5. The summed E-state index contributed by atoms with van der Waals surface area (Å²) in [4.78, 5) is 14.0. The summed E-state index contributed by atoms with van der Waals surface area (Å²) in [5, 5.41) is 0. The van der Waals surface area contributed by atoms with Crippen LogP contribution in [0.3, 0.4) is 0 Å². The number of amides is 1. The molecule has 0 fully saturated rings. The molecule has 4 heteroatoms. The summed E-state index contributed by atoms with van der Waals surface area (Å²) in [6.07, 6.45) is 3.60. The van der Waals surface area contributed by atoms with E-state index in [4.69, 9.17) is 0 Å². The molecule has 1 atom stereocenters. The fourth-order valence-electron chi connectivity index (χ4n) is 4.07. The molecule has 1 spiro atoms. The van der Waals surface area contributed by atoms with Crippen molar-refractivity contribution in [3.05, 3.63) is 76.9 Å². The lowest BCUT2D eigenvalue weighted by molar-refractivity contribution is -0.132. The second kappa shape index (κ2) is 5.26. The van der Waals surface area contributed by atoms with Crippen molar-refractivity contribution in [3.8, 4) is 0 Å². The van der Waals surface area contributed by atoms with Gasteiger partial charge in [0.15, 0.2) is 0 Å². The molecular formula is C20H17F2NO. The van der Waals surface area contributed by atoms with Crippen molar-refractivity contribution in [2.24, 2.45) is 0 Å².